The molecule has 0 spiro atoms. The van der Waals surface area contributed by atoms with Gasteiger partial charge in [0.1, 0.15) is 13.1 Å². The first kappa shape index (κ1) is 26.9. The topological polar surface area (TPSA) is 176 Å². The van der Waals surface area contributed by atoms with E-state index in [9.17, 15) is 18.0 Å². The Labute approximate surface area is 204 Å². The van der Waals surface area contributed by atoms with Crippen LogP contribution in [0.5, 0.6) is 0 Å². The SMILES string of the molecule is N#CCCN(CCC#N)C(=O)CN1c2ccccc2N(CC(=O)N(CCC#N)CCC#N)S1(=O)=O. The molecule has 0 radical (unpaired) electrons. The molecule has 13 heteroatoms. The summed E-state index contributed by atoms with van der Waals surface area (Å²) >= 11 is 0. The van der Waals surface area contributed by atoms with Gasteiger partial charge in [0.2, 0.25) is 11.8 Å². The van der Waals surface area contributed by atoms with Crippen molar-refractivity contribution in [2.24, 2.45) is 0 Å². The van der Waals surface area contributed by atoms with Crippen LogP contribution in [-0.2, 0) is 19.8 Å². The fourth-order valence-electron chi connectivity index (χ4n) is 3.49. The van der Waals surface area contributed by atoms with Crippen molar-refractivity contribution >= 4 is 33.4 Å². The van der Waals surface area contributed by atoms with Crippen LogP contribution < -0.4 is 8.61 Å². The van der Waals surface area contributed by atoms with Crippen LogP contribution in [0, 0.1) is 45.3 Å². The zero-order valence-electron chi connectivity index (χ0n) is 19.0. The molecular weight excluding hydrogens is 472 g/mol. The van der Waals surface area contributed by atoms with Crippen molar-refractivity contribution in [3.05, 3.63) is 24.3 Å². The van der Waals surface area contributed by atoms with Crippen LogP contribution in [-0.4, -0.2) is 69.3 Å². The van der Waals surface area contributed by atoms with Crippen LogP contribution in [0.2, 0.25) is 0 Å². The fraction of sp³-hybridized carbons (Fsp3) is 0.455. The highest BCUT2D eigenvalue weighted by atomic mass is 32.2. The number of nitriles is 4. The van der Waals surface area contributed by atoms with E-state index in [4.69, 9.17) is 21.0 Å². The Balaban J connectivity index is 2.31. The van der Waals surface area contributed by atoms with Crippen molar-refractivity contribution < 1.29 is 18.0 Å². The lowest BCUT2D eigenvalue weighted by Crippen LogP contribution is -2.48. The highest BCUT2D eigenvalue weighted by Crippen LogP contribution is 2.40. The number of hydrogen-bond acceptors (Lipinski definition) is 8. The maximum atomic E-state index is 13.4. The molecule has 0 saturated carbocycles. The Bertz CT molecular complexity index is 1080. The smallest absolute Gasteiger partial charge is 0.327 e. The average molecular weight is 497 g/mol. The van der Waals surface area contributed by atoms with Crippen LogP contribution in [0.15, 0.2) is 24.3 Å². The van der Waals surface area contributed by atoms with E-state index < -0.39 is 35.1 Å². The molecule has 35 heavy (non-hydrogen) atoms. The van der Waals surface area contributed by atoms with Gasteiger partial charge in [0, 0.05) is 26.2 Å². The Kier molecular flexibility index (Phi) is 9.84. The molecular formula is C22H24N8O4S. The minimum Gasteiger partial charge on any atom is -0.339 e. The minimum atomic E-state index is -4.31. The zero-order valence-corrected chi connectivity index (χ0v) is 19.8. The van der Waals surface area contributed by atoms with Crippen molar-refractivity contribution in [3.63, 3.8) is 0 Å². The van der Waals surface area contributed by atoms with Crippen molar-refractivity contribution in [1.82, 2.24) is 9.80 Å². The molecule has 2 rings (SSSR count). The molecule has 1 aliphatic heterocycles. The van der Waals surface area contributed by atoms with E-state index in [-0.39, 0.29) is 63.2 Å². The van der Waals surface area contributed by atoms with E-state index >= 15 is 0 Å². The Morgan fingerprint density at radius 3 is 1.29 bits per heavy atom. The summed E-state index contributed by atoms with van der Waals surface area (Å²) in [5.41, 5.74) is 0.435. The van der Waals surface area contributed by atoms with Crippen LogP contribution in [0.3, 0.4) is 0 Å². The number of carbonyl (C=O) groups is 2. The second kappa shape index (κ2) is 12.8. The largest absolute Gasteiger partial charge is 0.339 e. The molecule has 0 bridgehead atoms. The van der Waals surface area contributed by atoms with Crippen molar-refractivity contribution in [2.75, 3.05) is 47.9 Å². The van der Waals surface area contributed by atoms with E-state index in [2.05, 4.69) is 0 Å². The van der Waals surface area contributed by atoms with Gasteiger partial charge in [-0.05, 0) is 12.1 Å². The highest BCUT2D eigenvalue weighted by Gasteiger charge is 2.42. The predicted octanol–water partition coefficient (Wildman–Crippen LogP) is 0.870. The number of para-hydroxylation sites is 2. The lowest BCUT2D eigenvalue weighted by atomic mass is 10.2. The normalized spacial score (nSPS) is 13.0. The summed E-state index contributed by atoms with van der Waals surface area (Å²) in [4.78, 5) is 28.4. The Hall–Kier alpha value is -4.33. The van der Waals surface area contributed by atoms with Gasteiger partial charge < -0.3 is 9.80 Å². The van der Waals surface area contributed by atoms with Crippen molar-refractivity contribution in [1.29, 1.82) is 21.0 Å². The third kappa shape index (κ3) is 6.60. The minimum absolute atomic E-state index is 0.0301. The number of amides is 2. The molecule has 1 aromatic rings. The predicted molar refractivity (Wildman–Crippen MR) is 124 cm³/mol. The molecule has 1 heterocycles. The van der Waals surface area contributed by atoms with Gasteiger partial charge in [-0.1, -0.05) is 12.1 Å². The molecule has 12 nitrogen and oxygen atoms in total. The van der Waals surface area contributed by atoms with Gasteiger partial charge in [-0.25, -0.2) is 8.61 Å². The number of fused-ring (bicyclic) bond motifs is 1. The summed E-state index contributed by atoms with van der Waals surface area (Å²) < 4.78 is 28.6. The van der Waals surface area contributed by atoms with Gasteiger partial charge >= 0.3 is 10.2 Å². The summed E-state index contributed by atoms with van der Waals surface area (Å²) in [6.07, 6.45) is 0.120. The molecule has 2 amide bonds. The van der Waals surface area contributed by atoms with Crippen molar-refractivity contribution in [3.8, 4) is 24.3 Å². The van der Waals surface area contributed by atoms with E-state index in [0.717, 1.165) is 8.61 Å². The Morgan fingerprint density at radius 2 is 1.00 bits per heavy atom. The van der Waals surface area contributed by atoms with Crippen LogP contribution in [0.4, 0.5) is 11.4 Å². The van der Waals surface area contributed by atoms with Crippen LogP contribution >= 0.6 is 0 Å². The van der Waals surface area contributed by atoms with Crippen LogP contribution in [0.1, 0.15) is 25.7 Å². The third-order valence-corrected chi connectivity index (χ3v) is 6.98. The van der Waals surface area contributed by atoms with Crippen LogP contribution in [0.25, 0.3) is 0 Å². The monoisotopic (exact) mass is 496 g/mol. The molecule has 1 aromatic carbocycles. The van der Waals surface area contributed by atoms with E-state index in [1.165, 1.54) is 21.9 Å². The molecule has 0 saturated heterocycles. The lowest BCUT2D eigenvalue weighted by molar-refractivity contribution is -0.130. The maximum Gasteiger partial charge on any atom is 0.327 e. The number of benzene rings is 1. The molecule has 0 aliphatic carbocycles. The summed E-state index contributed by atoms with van der Waals surface area (Å²) in [6.45, 7) is -0.896. The number of hydrogen-bond donors (Lipinski definition) is 0. The quantitative estimate of drug-likeness (QED) is 0.409. The first-order valence-electron chi connectivity index (χ1n) is 10.7. The molecule has 0 atom stereocenters. The highest BCUT2D eigenvalue weighted by molar-refractivity contribution is 7.94. The molecule has 1 aliphatic rings. The number of rotatable bonds is 12. The maximum absolute atomic E-state index is 13.4. The Morgan fingerprint density at radius 1 is 0.686 bits per heavy atom. The second-order valence-corrected chi connectivity index (χ2v) is 9.18. The summed E-state index contributed by atoms with van der Waals surface area (Å²) in [5, 5.41) is 35.4. The molecule has 0 aromatic heterocycles. The van der Waals surface area contributed by atoms with Gasteiger partial charge in [-0.3, -0.25) is 9.59 Å². The van der Waals surface area contributed by atoms with Gasteiger partial charge in [-0.15, -0.1) is 0 Å². The molecule has 0 N–H and O–H groups in total. The average Bonchev–Trinajstić information content (AvgIpc) is 3.05. The number of nitrogens with zero attached hydrogens (tertiary/aromatic N) is 8. The molecule has 0 unspecified atom stereocenters. The lowest BCUT2D eigenvalue weighted by Gasteiger charge is -2.27. The summed E-state index contributed by atoms with van der Waals surface area (Å²) in [7, 11) is -4.31. The summed E-state index contributed by atoms with van der Waals surface area (Å²) in [6, 6.07) is 13.9. The van der Waals surface area contributed by atoms with Gasteiger partial charge in [-0.2, -0.15) is 29.5 Å². The fourth-order valence-corrected chi connectivity index (χ4v) is 5.09. The molecule has 182 valence electrons. The van der Waals surface area contributed by atoms with Gasteiger partial charge in [0.25, 0.3) is 0 Å². The molecule has 0 fully saturated rings. The standard InChI is InChI=1S/C22H24N8O4S/c23-9-3-13-27(14-4-10-24)21(31)17-29-19-7-1-2-8-20(19)30(35(29,33)34)18-22(32)28(15-5-11-25)16-6-12-26/h1-2,7-8H,3-6,13-18H2. The first-order valence-corrected chi connectivity index (χ1v) is 12.1. The second-order valence-electron chi connectivity index (χ2n) is 7.40. The van der Waals surface area contributed by atoms with E-state index in [1.807, 2.05) is 24.3 Å². The number of anilines is 2. The van der Waals surface area contributed by atoms with Gasteiger partial charge in [0.15, 0.2) is 0 Å². The first-order chi connectivity index (χ1) is 16.8. The zero-order chi connectivity index (χ0) is 25.8. The third-order valence-electron chi connectivity index (χ3n) is 5.21. The van der Waals surface area contributed by atoms with E-state index in [0.29, 0.717) is 0 Å². The van der Waals surface area contributed by atoms with Gasteiger partial charge in [0.05, 0.1) is 61.3 Å². The summed E-state index contributed by atoms with van der Waals surface area (Å²) in [5.74, 6) is -1.15. The van der Waals surface area contributed by atoms with E-state index in [1.54, 1.807) is 12.1 Å². The number of carbonyl (C=O) groups excluding carboxylic acids is 2. The van der Waals surface area contributed by atoms with Crippen molar-refractivity contribution in [2.45, 2.75) is 25.7 Å².